The third-order valence-electron chi connectivity index (χ3n) is 11.5. The number of benzene rings is 3. The molecule has 4 bridgehead atoms. The molecule has 0 amide bonds. The van der Waals surface area contributed by atoms with Crippen LogP contribution >= 0.6 is 0 Å². The second kappa shape index (κ2) is 9.91. The first-order valence-corrected chi connectivity index (χ1v) is 16.3. The van der Waals surface area contributed by atoms with Crippen LogP contribution in [0.4, 0.5) is 0 Å². The standard InChI is InChI=1S/C39H42BNO2/c1-37(2)38(3,4)43-40(42-37)34-21-31(20-32(22-34)35-11-8-16-41-36(35)30-9-6-5-7-10-30)29-12-14-33(15-13-29)39-23-26-17-27(24-39)19-28(18-26)25-39/h5-16,20-22,26-28H,17-19,23-25H2,1-4H3. The van der Waals surface area contributed by atoms with Gasteiger partial charge in [0.05, 0.1) is 16.9 Å². The van der Waals surface area contributed by atoms with Crippen molar-refractivity contribution in [2.45, 2.75) is 82.8 Å². The molecule has 4 heteroatoms. The van der Waals surface area contributed by atoms with Gasteiger partial charge in [-0.2, -0.15) is 0 Å². The predicted molar refractivity (Wildman–Crippen MR) is 176 cm³/mol. The molecule has 0 radical (unpaired) electrons. The van der Waals surface area contributed by atoms with E-state index in [0.717, 1.165) is 45.6 Å². The van der Waals surface area contributed by atoms with Gasteiger partial charge in [0.15, 0.2) is 0 Å². The fraction of sp³-hybridized carbons (Fsp3) is 0.410. The summed E-state index contributed by atoms with van der Waals surface area (Å²) in [5.41, 5.74) is 8.95. The quantitative estimate of drug-likeness (QED) is 0.226. The number of nitrogens with zero attached hydrogens (tertiary/aromatic N) is 1. The van der Waals surface area contributed by atoms with Crippen LogP contribution in [0.5, 0.6) is 0 Å². The third kappa shape index (κ3) is 4.69. The minimum atomic E-state index is -0.438. The van der Waals surface area contributed by atoms with E-state index in [0.29, 0.717) is 5.41 Å². The van der Waals surface area contributed by atoms with E-state index >= 15 is 0 Å². The first kappa shape index (κ1) is 27.4. The Labute approximate surface area is 257 Å². The van der Waals surface area contributed by atoms with Crippen molar-refractivity contribution >= 4 is 12.6 Å². The summed E-state index contributed by atoms with van der Waals surface area (Å²) in [6.07, 6.45) is 10.5. The highest BCUT2D eigenvalue weighted by Crippen LogP contribution is 2.60. The summed E-state index contributed by atoms with van der Waals surface area (Å²) < 4.78 is 13.1. The Kier molecular flexibility index (Phi) is 6.30. The molecular formula is C39H42BNO2. The van der Waals surface area contributed by atoms with Crippen molar-refractivity contribution in [2.75, 3.05) is 0 Å². The molecule has 3 aromatic carbocycles. The Hall–Kier alpha value is -3.21. The van der Waals surface area contributed by atoms with Crippen molar-refractivity contribution in [1.82, 2.24) is 4.98 Å². The van der Waals surface area contributed by atoms with Crippen molar-refractivity contribution in [2.24, 2.45) is 17.8 Å². The van der Waals surface area contributed by atoms with E-state index in [1.807, 2.05) is 12.3 Å². The van der Waals surface area contributed by atoms with E-state index in [1.54, 1.807) is 5.56 Å². The van der Waals surface area contributed by atoms with Gasteiger partial charge in [-0.05, 0) is 129 Å². The fourth-order valence-electron chi connectivity index (χ4n) is 9.03. The molecule has 43 heavy (non-hydrogen) atoms. The minimum Gasteiger partial charge on any atom is -0.399 e. The maximum atomic E-state index is 6.57. The lowest BCUT2D eigenvalue weighted by atomic mass is 9.48. The van der Waals surface area contributed by atoms with Crippen LogP contribution < -0.4 is 5.46 Å². The van der Waals surface area contributed by atoms with E-state index in [1.165, 1.54) is 49.7 Å². The maximum Gasteiger partial charge on any atom is 0.494 e. The molecule has 4 saturated carbocycles. The first-order chi connectivity index (χ1) is 20.7. The summed E-state index contributed by atoms with van der Waals surface area (Å²) in [6, 6.07) is 31.1. The summed E-state index contributed by atoms with van der Waals surface area (Å²) in [4.78, 5) is 4.84. The summed E-state index contributed by atoms with van der Waals surface area (Å²) in [5.74, 6) is 2.84. The minimum absolute atomic E-state index is 0.406. The van der Waals surface area contributed by atoms with Gasteiger partial charge in [0, 0.05) is 17.3 Å². The zero-order chi connectivity index (χ0) is 29.4. The van der Waals surface area contributed by atoms with Crippen LogP contribution in [0, 0.1) is 17.8 Å². The second-order valence-corrected chi connectivity index (χ2v) is 15.0. The average molecular weight is 568 g/mol. The highest BCUT2D eigenvalue weighted by atomic mass is 16.7. The molecule has 4 aliphatic carbocycles. The van der Waals surface area contributed by atoms with Gasteiger partial charge in [0.1, 0.15) is 0 Å². The molecule has 1 saturated heterocycles. The zero-order valence-corrected chi connectivity index (χ0v) is 26.0. The van der Waals surface area contributed by atoms with E-state index in [-0.39, 0.29) is 0 Å². The molecule has 0 N–H and O–H groups in total. The molecule has 1 aliphatic heterocycles. The molecule has 0 atom stereocenters. The van der Waals surface area contributed by atoms with Crippen LogP contribution in [-0.4, -0.2) is 23.3 Å². The lowest BCUT2D eigenvalue weighted by Gasteiger charge is -2.57. The van der Waals surface area contributed by atoms with Crippen molar-refractivity contribution in [3.05, 3.63) is 96.7 Å². The summed E-state index contributed by atoms with van der Waals surface area (Å²) >= 11 is 0. The number of hydrogen-bond donors (Lipinski definition) is 0. The average Bonchev–Trinajstić information content (AvgIpc) is 3.23. The van der Waals surface area contributed by atoms with Crippen LogP contribution in [0.1, 0.15) is 71.8 Å². The molecular weight excluding hydrogens is 525 g/mol. The van der Waals surface area contributed by atoms with E-state index in [4.69, 9.17) is 14.3 Å². The molecule has 5 aliphatic rings. The molecule has 0 unspecified atom stereocenters. The zero-order valence-electron chi connectivity index (χ0n) is 26.0. The lowest BCUT2D eigenvalue weighted by molar-refractivity contribution is -0.00518. The van der Waals surface area contributed by atoms with Gasteiger partial charge in [0.25, 0.3) is 0 Å². The molecule has 0 spiro atoms. The van der Waals surface area contributed by atoms with Crippen LogP contribution in [0.2, 0.25) is 0 Å². The van der Waals surface area contributed by atoms with Crippen LogP contribution in [0.25, 0.3) is 33.5 Å². The molecule has 9 rings (SSSR count). The van der Waals surface area contributed by atoms with Crippen LogP contribution in [-0.2, 0) is 14.7 Å². The second-order valence-electron chi connectivity index (χ2n) is 15.0. The van der Waals surface area contributed by atoms with Gasteiger partial charge < -0.3 is 9.31 Å². The number of rotatable bonds is 5. The van der Waals surface area contributed by atoms with Gasteiger partial charge in [-0.25, -0.2) is 0 Å². The van der Waals surface area contributed by atoms with Gasteiger partial charge in [0.2, 0.25) is 0 Å². The van der Waals surface area contributed by atoms with Crippen molar-refractivity contribution in [3.63, 3.8) is 0 Å². The molecule has 1 aromatic heterocycles. The molecule has 2 heterocycles. The topological polar surface area (TPSA) is 31.4 Å². The van der Waals surface area contributed by atoms with Crippen molar-refractivity contribution in [3.8, 4) is 33.5 Å². The first-order valence-electron chi connectivity index (χ1n) is 16.3. The number of aromatic nitrogens is 1. The Bertz CT molecular complexity index is 1610. The molecule has 218 valence electrons. The SMILES string of the molecule is CC1(C)OB(c2cc(-c3ccc(C45CC6CC(CC(C6)C4)C5)cc3)cc(-c3cccnc3-c3ccccc3)c2)OC1(C)C. The highest BCUT2D eigenvalue weighted by molar-refractivity contribution is 6.62. The Morgan fingerprint density at radius 1 is 0.628 bits per heavy atom. The number of pyridine rings is 1. The number of hydrogen-bond acceptors (Lipinski definition) is 3. The highest BCUT2D eigenvalue weighted by Gasteiger charge is 2.52. The molecule has 5 fully saturated rings. The van der Waals surface area contributed by atoms with Crippen LogP contribution in [0.3, 0.4) is 0 Å². The third-order valence-corrected chi connectivity index (χ3v) is 11.5. The Morgan fingerprint density at radius 2 is 1.23 bits per heavy atom. The monoisotopic (exact) mass is 567 g/mol. The molecule has 4 aromatic rings. The van der Waals surface area contributed by atoms with Crippen molar-refractivity contribution < 1.29 is 9.31 Å². The summed E-state index contributed by atoms with van der Waals surface area (Å²) in [5, 5.41) is 0. The normalized spacial score (nSPS) is 28.4. The van der Waals surface area contributed by atoms with Crippen molar-refractivity contribution in [1.29, 1.82) is 0 Å². The summed E-state index contributed by atoms with van der Waals surface area (Å²) in [6.45, 7) is 8.48. The lowest BCUT2D eigenvalue weighted by Crippen LogP contribution is -2.48. The van der Waals surface area contributed by atoms with Gasteiger partial charge in [-0.15, -0.1) is 0 Å². The summed E-state index contributed by atoms with van der Waals surface area (Å²) in [7, 11) is -0.438. The smallest absolute Gasteiger partial charge is 0.399 e. The predicted octanol–water partition coefficient (Wildman–Crippen LogP) is 8.85. The van der Waals surface area contributed by atoms with E-state index < -0.39 is 18.3 Å². The fourth-order valence-corrected chi connectivity index (χ4v) is 9.03. The van der Waals surface area contributed by atoms with Crippen LogP contribution in [0.15, 0.2) is 91.1 Å². The maximum absolute atomic E-state index is 6.57. The Morgan fingerprint density at radius 3 is 1.86 bits per heavy atom. The van der Waals surface area contributed by atoms with Gasteiger partial charge >= 0.3 is 7.12 Å². The largest absolute Gasteiger partial charge is 0.494 e. The van der Waals surface area contributed by atoms with E-state index in [9.17, 15) is 0 Å². The van der Waals surface area contributed by atoms with Gasteiger partial charge in [-0.1, -0.05) is 72.8 Å². The van der Waals surface area contributed by atoms with Gasteiger partial charge in [-0.3, -0.25) is 4.98 Å². The van der Waals surface area contributed by atoms with E-state index in [2.05, 4.69) is 107 Å². The Balaban J connectivity index is 1.21. The molecule has 3 nitrogen and oxygen atoms in total.